The summed E-state index contributed by atoms with van der Waals surface area (Å²) in [4.78, 5) is 14.2. The Morgan fingerprint density at radius 1 is 1.47 bits per heavy atom. The predicted octanol–water partition coefficient (Wildman–Crippen LogP) is 0.232. The highest BCUT2D eigenvalue weighted by molar-refractivity contribution is 5.79. The molecule has 4 nitrogen and oxygen atoms in total. The molecule has 4 heteroatoms. The Hall–Kier alpha value is -0.610. The molecule has 2 saturated heterocycles. The second kappa shape index (κ2) is 4.49. The molecule has 0 saturated carbocycles. The van der Waals surface area contributed by atoms with Crippen molar-refractivity contribution >= 4 is 5.91 Å². The predicted molar refractivity (Wildman–Crippen MR) is 57.6 cm³/mol. The van der Waals surface area contributed by atoms with E-state index in [0.29, 0.717) is 12.6 Å². The Morgan fingerprint density at radius 3 is 2.87 bits per heavy atom. The van der Waals surface area contributed by atoms with Gasteiger partial charge in [-0.15, -0.1) is 0 Å². The van der Waals surface area contributed by atoms with Crippen LogP contribution in [0.1, 0.15) is 20.3 Å². The fourth-order valence-corrected chi connectivity index (χ4v) is 2.39. The van der Waals surface area contributed by atoms with Gasteiger partial charge in [-0.1, -0.05) is 0 Å². The molecule has 1 amide bonds. The molecule has 86 valence electrons. The number of hydrogen-bond donors (Lipinski definition) is 1. The van der Waals surface area contributed by atoms with Crippen LogP contribution in [-0.2, 0) is 9.53 Å². The standard InChI is InChI=1S/C11H20N2O2/c1-8-6-12-3-4-13(8)11(14)10-5-9(2)15-7-10/h8-10,12H,3-7H2,1-2H3. The molecule has 2 fully saturated rings. The molecular weight excluding hydrogens is 192 g/mol. The molecule has 0 aromatic carbocycles. The number of carbonyl (C=O) groups is 1. The van der Waals surface area contributed by atoms with Crippen LogP contribution in [-0.4, -0.2) is 49.2 Å². The van der Waals surface area contributed by atoms with E-state index in [4.69, 9.17) is 4.74 Å². The van der Waals surface area contributed by atoms with Crippen LogP contribution in [0, 0.1) is 5.92 Å². The van der Waals surface area contributed by atoms with Gasteiger partial charge < -0.3 is 15.0 Å². The fraction of sp³-hybridized carbons (Fsp3) is 0.909. The summed E-state index contributed by atoms with van der Waals surface area (Å²) in [6.07, 6.45) is 1.13. The van der Waals surface area contributed by atoms with Crippen LogP contribution in [0.3, 0.4) is 0 Å². The zero-order valence-corrected chi connectivity index (χ0v) is 9.53. The largest absolute Gasteiger partial charge is 0.378 e. The molecule has 0 bridgehead atoms. The number of rotatable bonds is 1. The Balaban J connectivity index is 1.94. The lowest BCUT2D eigenvalue weighted by atomic mass is 10.0. The number of carbonyl (C=O) groups excluding carboxylic acids is 1. The second-order valence-corrected chi connectivity index (χ2v) is 4.66. The summed E-state index contributed by atoms with van der Waals surface area (Å²) in [7, 11) is 0. The first kappa shape index (κ1) is 10.9. The van der Waals surface area contributed by atoms with E-state index in [0.717, 1.165) is 26.1 Å². The van der Waals surface area contributed by atoms with Gasteiger partial charge in [0.2, 0.25) is 5.91 Å². The molecule has 0 spiro atoms. The highest BCUT2D eigenvalue weighted by Crippen LogP contribution is 2.22. The lowest BCUT2D eigenvalue weighted by Gasteiger charge is -2.35. The van der Waals surface area contributed by atoms with Crippen molar-refractivity contribution in [2.75, 3.05) is 26.2 Å². The van der Waals surface area contributed by atoms with Crippen LogP contribution in [0.25, 0.3) is 0 Å². The fourth-order valence-electron chi connectivity index (χ4n) is 2.39. The van der Waals surface area contributed by atoms with Crippen LogP contribution in [0.5, 0.6) is 0 Å². The minimum atomic E-state index is 0.0977. The topological polar surface area (TPSA) is 41.6 Å². The van der Waals surface area contributed by atoms with Gasteiger partial charge in [0.05, 0.1) is 18.6 Å². The Labute approximate surface area is 91.0 Å². The van der Waals surface area contributed by atoms with Crippen molar-refractivity contribution in [1.29, 1.82) is 0 Å². The molecule has 15 heavy (non-hydrogen) atoms. The second-order valence-electron chi connectivity index (χ2n) is 4.66. The summed E-state index contributed by atoms with van der Waals surface area (Å²) in [5, 5.41) is 3.29. The van der Waals surface area contributed by atoms with Crippen molar-refractivity contribution in [3.63, 3.8) is 0 Å². The molecule has 2 heterocycles. The molecule has 0 aliphatic carbocycles. The first-order valence-electron chi connectivity index (χ1n) is 5.81. The number of nitrogens with one attached hydrogen (secondary N) is 1. The van der Waals surface area contributed by atoms with Gasteiger partial charge in [0.25, 0.3) is 0 Å². The highest BCUT2D eigenvalue weighted by Gasteiger charge is 2.33. The maximum atomic E-state index is 12.2. The van der Waals surface area contributed by atoms with Gasteiger partial charge in [-0.25, -0.2) is 0 Å². The van der Waals surface area contributed by atoms with Gasteiger partial charge in [-0.2, -0.15) is 0 Å². The average molecular weight is 212 g/mol. The first-order chi connectivity index (χ1) is 7.18. The van der Waals surface area contributed by atoms with Crippen LogP contribution in [0.15, 0.2) is 0 Å². The third kappa shape index (κ3) is 2.32. The summed E-state index contributed by atoms with van der Waals surface area (Å²) >= 11 is 0. The summed E-state index contributed by atoms with van der Waals surface area (Å²) in [6, 6.07) is 0.321. The van der Waals surface area contributed by atoms with Gasteiger partial charge >= 0.3 is 0 Å². The Kier molecular flexibility index (Phi) is 3.26. The van der Waals surface area contributed by atoms with E-state index < -0.39 is 0 Å². The van der Waals surface area contributed by atoms with Crippen molar-refractivity contribution in [2.45, 2.75) is 32.4 Å². The number of nitrogens with zero attached hydrogens (tertiary/aromatic N) is 1. The van der Waals surface area contributed by atoms with E-state index in [9.17, 15) is 4.79 Å². The van der Waals surface area contributed by atoms with Crippen molar-refractivity contribution in [1.82, 2.24) is 10.2 Å². The summed E-state index contributed by atoms with van der Waals surface area (Å²) < 4.78 is 5.45. The maximum Gasteiger partial charge on any atom is 0.228 e. The number of amides is 1. The van der Waals surface area contributed by atoms with Crippen LogP contribution in [0.4, 0.5) is 0 Å². The minimum absolute atomic E-state index is 0.0977. The lowest BCUT2D eigenvalue weighted by Crippen LogP contribution is -2.53. The molecule has 1 N–H and O–H groups in total. The van der Waals surface area contributed by atoms with Gasteiger partial charge in [0.15, 0.2) is 0 Å². The molecule has 0 aromatic heterocycles. The number of hydrogen-bond acceptors (Lipinski definition) is 3. The highest BCUT2D eigenvalue weighted by atomic mass is 16.5. The zero-order chi connectivity index (χ0) is 10.8. The first-order valence-corrected chi connectivity index (χ1v) is 5.81. The average Bonchev–Trinajstić information content (AvgIpc) is 2.65. The number of piperazine rings is 1. The summed E-state index contributed by atoms with van der Waals surface area (Å²) in [6.45, 7) is 7.41. The van der Waals surface area contributed by atoms with E-state index in [1.54, 1.807) is 0 Å². The molecule has 3 atom stereocenters. The van der Waals surface area contributed by atoms with E-state index >= 15 is 0 Å². The minimum Gasteiger partial charge on any atom is -0.378 e. The monoisotopic (exact) mass is 212 g/mol. The van der Waals surface area contributed by atoms with Gasteiger partial charge in [0.1, 0.15) is 0 Å². The Bertz CT molecular complexity index is 245. The smallest absolute Gasteiger partial charge is 0.228 e. The van der Waals surface area contributed by atoms with Crippen LogP contribution >= 0.6 is 0 Å². The van der Waals surface area contributed by atoms with E-state index in [-0.39, 0.29) is 17.9 Å². The molecule has 0 aromatic rings. The quantitative estimate of drug-likeness (QED) is 0.676. The summed E-state index contributed by atoms with van der Waals surface area (Å²) in [5.74, 6) is 0.383. The zero-order valence-electron chi connectivity index (χ0n) is 9.53. The molecular formula is C11H20N2O2. The molecule has 2 aliphatic rings. The van der Waals surface area contributed by atoms with Crippen LogP contribution in [0.2, 0.25) is 0 Å². The van der Waals surface area contributed by atoms with Crippen LogP contribution < -0.4 is 5.32 Å². The van der Waals surface area contributed by atoms with E-state index in [1.165, 1.54) is 0 Å². The molecule has 0 radical (unpaired) electrons. The number of ether oxygens (including phenoxy) is 1. The molecule has 2 rings (SSSR count). The third-order valence-electron chi connectivity index (χ3n) is 3.33. The maximum absolute atomic E-state index is 12.2. The van der Waals surface area contributed by atoms with Crippen molar-refractivity contribution in [3.8, 4) is 0 Å². The van der Waals surface area contributed by atoms with Crippen molar-refractivity contribution in [2.24, 2.45) is 5.92 Å². The van der Waals surface area contributed by atoms with E-state index in [1.807, 2.05) is 11.8 Å². The van der Waals surface area contributed by atoms with Crippen molar-refractivity contribution in [3.05, 3.63) is 0 Å². The van der Waals surface area contributed by atoms with Gasteiger partial charge in [-0.3, -0.25) is 4.79 Å². The van der Waals surface area contributed by atoms with E-state index in [2.05, 4.69) is 12.2 Å². The summed E-state index contributed by atoms with van der Waals surface area (Å²) in [5.41, 5.74) is 0. The molecule has 2 aliphatic heterocycles. The SMILES string of the molecule is CC1CC(C(=O)N2CCNCC2C)CO1. The molecule has 3 unspecified atom stereocenters. The third-order valence-corrected chi connectivity index (χ3v) is 3.33. The Morgan fingerprint density at radius 2 is 2.27 bits per heavy atom. The van der Waals surface area contributed by atoms with Gasteiger partial charge in [-0.05, 0) is 20.3 Å². The van der Waals surface area contributed by atoms with Crippen molar-refractivity contribution < 1.29 is 9.53 Å². The lowest BCUT2D eigenvalue weighted by molar-refractivity contribution is -0.138. The van der Waals surface area contributed by atoms with Gasteiger partial charge in [0, 0.05) is 25.7 Å². The normalized spacial score (nSPS) is 36.9.